The molecule has 0 amide bonds. The first-order valence-electron chi connectivity index (χ1n) is 7.68. The molecule has 18 heavy (non-hydrogen) atoms. The highest BCUT2D eigenvalue weighted by Gasteiger charge is 2.28. The molecular weight excluding hydrogens is 226 g/mol. The average Bonchev–Trinajstić information content (AvgIpc) is 2.40. The molecule has 0 heterocycles. The smallest absolute Gasteiger partial charge is 0.306 e. The fraction of sp³-hybridized carbons (Fsp3) is 0.933. The fourth-order valence-electron chi connectivity index (χ4n) is 3.58. The number of rotatable bonds is 4. The van der Waals surface area contributed by atoms with Crippen molar-refractivity contribution in [3.8, 4) is 0 Å². The van der Waals surface area contributed by atoms with Gasteiger partial charge in [-0.1, -0.05) is 13.3 Å². The van der Waals surface area contributed by atoms with E-state index in [0.29, 0.717) is 12.1 Å². The Morgan fingerprint density at radius 2 is 1.50 bits per heavy atom. The SMILES string of the molecule is CCC1CCC(NC2CCC(C(=O)O)CC2)CC1. The Morgan fingerprint density at radius 1 is 1.00 bits per heavy atom. The van der Waals surface area contributed by atoms with Crippen LogP contribution in [0.1, 0.15) is 64.7 Å². The lowest BCUT2D eigenvalue weighted by molar-refractivity contribution is -0.142. The van der Waals surface area contributed by atoms with Crippen LogP contribution in [0, 0.1) is 11.8 Å². The van der Waals surface area contributed by atoms with Crippen LogP contribution in [0.15, 0.2) is 0 Å². The van der Waals surface area contributed by atoms with E-state index in [2.05, 4.69) is 12.2 Å². The van der Waals surface area contributed by atoms with Crippen LogP contribution >= 0.6 is 0 Å². The molecule has 0 aromatic carbocycles. The quantitative estimate of drug-likeness (QED) is 0.809. The number of carbonyl (C=O) groups is 1. The maximum absolute atomic E-state index is 10.9. The van der Waals surface area contributed by atoms with Crippen LogP contribution in [0.3, 0.4) is 0 Å². The van der Waals surface area contributed by atoms with E-state index in [1.165, 1.54) is 32.1 Å². The lowest BCUT2D eigenvalue weighted by Crippen LogP contribution is -2.42. The molecule has 0 unspecified atom stereocenters. The largest absolute Gasteiger partial charge is 0.481 e. The van der Waals surface area contributed by atoms with E-state index >= 15 is 0 Å². The monoisotopic (exact) mass is 253 g/mol. The average molecular weight is 253 g/mol. The first-order chi connectivity index (χ1) is 8.69. The zero-order valence-corrected chi connectivity index (χ0v) is 11.5. The second-order valence-corrected chi connectivity index (χ2v) is 6.18. The number of aliphatic carboxylic acids is 1. The molecule has 2 aliphatic rings. The Balaban J connectivity index is 1.67. The lowest BCUT2D eigenvalue weighted by Gasteiger charge is -2.34. The second-order valence-electron chi connectivity index (χ2n) is 6.18. The summed E-state index contributed by atoms with van der Waals surface area (Å²) in [5.74, 6) is 0.265. The van der Waals surface area contributed by atoms with Gasteiger partial charge in [-0.2, -0.15) is 0 Å². The van der Waals surface area contributed by atoms with Crippen LogP contribution < -0.4 is 5.32 Å². The summed E-state index contributed by atoms with van der Waals surface area (Å²) in [4.78, 5) is 10.9. The van der Waals surface area contributed by atoms with Crippen molar-refractivity contribution in [2.45, 2.75) is 76.8 Å². The summed E-state index contributed by atoms with van der Waals surface area (Å²) in [5, 5.41) is 12.8. The van der Waals surface area contributed by atoms with Gasteiger partial charge >= 0.3 is 5.97 Å². The van der Waals surface area contributed by atoms with Gasteiger partial charge in [-0.05, 0) is 57.3 Å². The van der Waals surface area contributed by atoms with E-state index in [0.717, 1.165) is 31.6 Å². The van der Waals surface area contributed by atoms with Crippen molar-refractivity contribution in [2.75, 3.05) is 0 Å². The molecule has 0 radical (unpaired) electrons. The predicted molar refractivity (Wildman–Crippen MR) is 72.6 cm³/mol. The molecule has 0 spiro atoms. The van der Waals surface area contributed by atoms with E-state index in [4.69, 9.17) is 5.11 Å². The summed E-state index contributed by atoms with van der Waals surface area (Å²) < 4.78 is 0. The zero-order valence-electron chi connectivity index (χ0n) is 11.5. The first kappa shape index (κ1) is 13.9. The molecule has 2 N–H and O–H groups in total. The van der Waals surface area contributed by atoms with Gasteiger partial charge in [0.15, 0.2) is 0 Å². The minimum absolute atomic E-state index is 0.0844. The van der Waals surface area contributed by atoms with Crippen LogP contribution in [-0.4, -0.2) is 23.2 Å². The molecule has 0 aromatic heterocycles. The van der Waals surface area contributed by atoms with Gasteiger partial charge in [0.1, 0.15) is 0 Å². The fourth-order valence-corrected chi connectivity index (χ4v) is 3.58. The van der Waals surface area contributed by atoms with Gasteiger partial charge in [-0.25, -0.2) is 0 Å². The molecular formula is C15H27NO2. The molecule has 104 valence electrons. The Kier molecular flexibility index (Phi) is 5.04. The van der Waals surface area contributed by atoms with Crippen molar-refractivity contribution < 1.29 is 9.90 Å². The van der Waals surface area contributed by atoms with Gasteiger partial charge in [0, 0.05) is 12.1 Å². The highest BCUT2D eigenvalue weighted by atomic mass is 16.4. The molecule has 0 aromatic rings. The molecule has 2 rings (SSSR count). The van der Waals surface area contributed by atoms with Crippen LogP contribution in [-0.2, 0) is 4.79 Å². The standard InChI is InChI=1S/C15H27NO2/c1-2-11-3-7-13(8-4-11)16-14-9-5-12(6-10-14)15(17)18/h11-14,16H,2-10H2,1H3,(H,17,18). The maximum Gasteiger partial charge on any atom is 0.306 e. The Bertz CT molecular complexity index is 264. The number of hydrogen-bond donors (Lipinski definition) is 2. The van der Waals surface area contributed by atoms with E-state index in [-0.39, 0.29) is 5.92 Å². The van der Waals surface area contributed by atoms with Crippen molar-refractivity contribution in [3.05, 3.63) is 0 Å². The van der Waals surface area contributed by atoms with Crippen molar-refractivity contribution in [1.82, 2.24) is 5.32 Å². The molecule has 0 bridgehead atoms. The van der Waals surface area contributed by atoms with Gasteiger partial charge in [-0.3, -0.25) is 4.79 Å². The minimum atomic E-state index is -0.600. The normalized spacial score (nSPS) is 37.4. The third-order valence-corrected chi connectivity index (χ3v) is 4.97. The summed E-state index contributed by atoms with van der Waals surface area (Å²) in [6, 6.07) is 1.27. The Hall–Kier alpha value is -0.570. The van der Waals surface area contributed by atoms with Crippen molar-refractivity contribution >= 4 is 5.97 Å². The third kappa shape index (κ3) is 3.71. The van der Waals surface area contributed by atoms with Crippen LogP contribution in [0.25, 0.3) is 0 Å². The second kappa shape index (κ2) is 6.55. The molecule has 0 aliphatic heterocycles. The lowest BCUT2D eigenvalue weighted by atomic mass is 9.82. The number of hydrogen-bond acceptors (Lipinski definition) is 2. The molecule has 2 saturated carbocycles. The summed E-state index contributed by atoms with van der Waals surface area (Å²) in [6.45, 7) is 2.30. The molecule has 3 nitrogen and oxygen atoms in total. The molecule has 0 atom stereocenters. The number of carboxylic acid groups (broad SMARTS) is 1. The van der Waals surface area contributed by atoms with E-state index < -0.39 is 5.97 Å². The third-order valence-electron chi connectivity index (χ3n) is 4.97. The highest BCUT2D eigenvalue weighted by Crippen LogP contribution is 2.29. The predicted octanol–water partition coefficient (Wildman–Crippen LogP) is 3.19. The topological polar surface area (TPSA) is 49.3 Å². The molecule has 2 fully saturated rings. The van der Waals surface area contributed by atoms with Crippen LogP contribution in [0.5, 0.6) is 0 Å². The Labute approximate surface area is 110 Å². The van der Waals surface area contributed by atoms with Gasteiger partial charge in [0.25, 0.3) is 0 Å². The summed E-state index contributed by atoms with van der Waals surface area (Å²) in [5.41, 5.74) is 0. The summed E-state index contributed by atoms with van der Waals surface area (Å²) in [7, 11) is 0. The van der Waals surface area contributed by atoms with Crippen LogP contribution in [0.2, 0.25) is 0 Å². The van der Waals surface area contributed by atoms with Crippen molar-refractivity contribution in [3.63, 3.8) is 0 Å². The van der Waals surface area contributed by atoms with Crippen molar-refractivity contribution in [2.24, 2.45) is 11.8 Å². The van der Waals surface area contributed by atoms with Crippen LogP contribution in [0.4, 0.5) is 0 Å². The highest BCUT2D eigenvalue weighted by molar-refractivity contribution is 5.70. The first-order valence-corrected chi connectivity index (χ1v) is 7.68. The maximum atomic E-state index is 10.9. The van der Waals surface area contributed by atoms with Gasteiger partial charge in [0.05, 0.1) is 5.92 Å². The molecule has 3 heteroatoms. The van der Waals surface area contributed by atoms with Gasteiger partial charge < -0.3 is 10.4 Å². The van der Waals surface area contributed by atoms with Gasteiger partial charge in [0.2, 0.25) is 0 Å². The Morgan fingerprint density at radius 3 is 1.94 bits per heavy atom. The van der Waals surface area contributed by atoms with E-state index in [9.17, 15) is 4.79 Å². The summed E-state index contributed by atoms with van der Waals surface area (Å²) in [6.07, 6.45) is 10.5. The number of carboxylic acids is 1. The van der Waals surface area contributed by atoms with Crippen molar-refractivity contribution in [1.29, 1.82) is 0 Å². The molecule has 2 aliphatic carbocycles. The minimum Gasteiger partial charge on any atom is -0.481 e. The molecule has 0 saturated heterocycles. The zero-order chi connectivity index (χ0) is 13.0. The van der Waals surface area contributed by atoms with E-state index in [1.54, 1.807) is 0 Å². The van der Waals surface area contributed by atoms with E-state index in [1.807, 2.05) is 0 Å². The van der Waals surface area contributed by atoms with Gasteiger partial charge in [-0.15, -0.1) is 0 Å². The summed E-state index contributed by atoms with van der Waals surface area (Å²) >= 11 is 0. The number of nitrogens with one attached hydrogen (secondary N) is 1.